The van der Waals surface area contributed by atoms with Gasteiger partial charge in [-0.25, -0.2) is 9.97 Å². The third-order valence-corrected chi connectivity index (χ3v) is 5.93. The lowest BCUT2D eigenvalue weighted by atomic mass is 9.92. The first-order valence-electron chi connectivity index (χ1n) is 10.1. The number of aromatic nitrogens is 3. The molecule has 2 aromatic heterocycles. The minimum Gasteiger partial charge on any atom is -0.472 e. The summed E-state index contributed by atoms with van der Waals surface area (Å²) < 4.78 is 12.0. The highest BCUT2D eigenvalue weighted by atomic mass is 16.5. The second-order valence-electron chi connectivity index (χ2n) is 7.95. The number of amides is 1. The molecular weight excluding hydrogens is 356 g/mol. The summed E-state index contributed by atoms with van der Waals surface area (Å²) in [6, 6.07) is 0.000915. The molecule has 2 saturated heterocycles. The number of carbonyl (C=O) groups is 1. The lowest BCUT2D eigenvalue weighted by Gasteiger charge is -2.30. The van der Waals surface area contributed by atoms with E-state index in [1.165, 1.54) is 18.0 Å². The first-order valence-corrected chi connectivity index (χ1v) is 10.1. The predicted octanol–water partition coefficient (Wildman–Crippen LogP) is 3.04. The summed E-state index contributed by atoms with van der Waals surface area (Å²) in [6.07, 6.45) is 7.61. The quantitative estimate of drug-likeness (QED) is 0.802. The Hall–Kier alpha value is -2.41. The Morgan fingerprint density at radius 2 is 2.14 bits per heavy atom. The summed E-state index contributed by atoms with van der Waals surface area (Å²) >= 11 is 0. The van der Waals surface area contributed by atoms with E-state index in [1.807, 2.05) is 11.1 Å². The maximum absolute atomic E-state index is 12.3. The molecule has 2 aliphatic heterocycles. The average molecular weight is 384 g/mol. The molecule has 0 unspecified atom stereocenters. The Balaban J connectivity index is 1.65. The van der Waals surface area contributed by atoms with Gasteiger partial charge in [-0.15, -0.1) is 0 Å². The number of hydrogen-bond acceptors (Lipinski definition) is 5. The molecule has 28 heavy (non-hydrogen) atoms. The van der Waals surface area contributed by atoms with Gasteiger partial charge in [0.1, 0.15) is 18.1 Å². The number of ether oxygens (including phenoxy) is 2. The number of likely N-dealkylation sites (tertiary alicyclic amines) is 1. The summed E-state index contributed by atoms with van der Waals surface area (Å²) in [7, 11) is 0. The second-order valence-corrected chi connectivity index (χ2v) is 7.95. The van der Waals surface area contributed by atoms with Gasteiger partial charge < -0.3 is 19.4 Å². The molecule has 4 rings (SSSR count). The van der Waals surface area contributed by atoms with E-state index in [0.717, 1.165) is 43.5 Å². The number of H-pyrrole nitrogens is 1. The lowest BCUT2D eigenvalue weighted by Crippen LogP contribution is -2.44. The highest BCUT2D eigenvalue weighted by Crippen LogP contribution is 2.37. The largest absolute Gasteiger partial charge is 0.472 e. The Morgan fingerprint density at radius 1 is 1.36 bits per heavy atom. The van der Waals surface area contributed by atoms with Crippen LogP contribution >= 0.6 is 0 Å². The zero-order valence-corrected chi connectivity index (χ0v) is 16.6. The molecule has 0 aliphatic carbocycles. The van der Waals surface area contributed by atoms with E-state index in [0.29, 0.717) is 18.3 Å². The van der Waals surface area contributed by atoms with Gasteiger partial charge in [-0.1, -0.05) is 20.4 Å². The minimum atomic E-state index is -0.0977. The smallest absolute Gasteiger partial charge is 0.246 e. The molecule has 0 spiro atoms. The van der Waals surface area contributed by atoms with Crippen LogP contribution < -0.4 is 4.74 Å². The van der Waals surface area contributed by atoms with Crippen LogP contribution in [0.25, 0.3) is 11.0 Å². The van der Waals surface area contributed by atoms with Crippen LogP contribution in [0.5, 0.6) is 5.88 Å². The zero-order chi connectivity index (χ0) is 19.7. The monoisotopic (exact) mass is 384 g/mol. The molecule has 0 bridgehead atoms. The Morgan fingerprint density at radius 3 is 2.86 bits per heavy atom. The van der Waals surface area contributed by atoms with Crippen molar-refractivity contribution in [3.05, 3.63) is 30.7 Å². The van der Waals surface area contributed by atoms with Crippen molar-refractivity contribution >= 4 is 16.9 Å². The Bertz CT molecular complexity index is 856. The van der Waals surface area contributed by atoms with E-state index in [9.17, 15) is 4.79 Å². The van der Waals surface area contributed by atoms with Crippen molar-refractivity contribution in [1.82, 2.24) is 19.9 Å². The minimum absolute atomic E-state index is 0.000915. The van der Waals surface area contributed by atoms with Gasteiger partial charge in [0.25, 0.3) is 0 Å². The topological polar surface area (TPSA) is 80.3 Å². The molecule has 150 valence electrons. The third-order valence-electron chi connectivity index (χ3n) is 5.93. The van der Waals surface area contributed by atoms with Crippen molar-refractivity contribution in [3.63, 3.8) is 0 Å². The van der Waals surface area contributed by atoms with Crippen molar-refractivity contribution < 1.29 is 14.3 Å². The standard InChI is InChI=1S/C21H28N4O3/c1-4-17(26)25-8-5-16(19(25)13(2)3)28-21-18-15(14-6-9-27-10-7-14)11-22-20(18)23-12-24-21/h4,11-14,16,19H,1,5-10H2,2-3H3,(H,22,23,24)/t16-,19-/m1/s1. The summed E-state index contributed by atoms with van der Waals surface area (Å²) in [5, 5.41) is 0.963. The van der Waals surface area contributed by atoms with E-state index >= 15 is 0 Å². The Kier molecular flexibility index (Phi) is 5.35. The van der Waals surface area contributed by atoms with Crippen LogP contribution in [0.15, 0.2) is 25.2 Å². The van der Waals surface area contributed by atoms with E-state index in [-0.39, 0.29) is 24.0 Å². The van der Waals surface area contributed by atoms with Crippen molar-refractivity contribution in [3.8, 4) is 5.88 Å². The fraction of sp³-hybridized carbons (Fsp3) is 0.571. The van der Waals surface area contributed by atoms with Crippen molar-refractivity contribution in [2.24, 2.45) is 5.92 Å². The summed E-state index contributed by atoms with van der Waals surface area (Å²) in [5.41, 5.74) is 2.00. The maximum Gasteiger partial charge on any atom is 0.246 e. The van der Waals surface area contributed by atoms with Gasteiger partial charge in [0, 0.05) is 32.4 Å². The van der Waals surface area contributed by atoms with Gasteiger partial charge in [-0.05, 0) is 36.3 Å². The number of nitrogens with one attached hydrogen (secondary N) is 1. The average Bonchev–Trinajstić information content (AvgIpc) is 3.33. The van der Waals surface area contributed by atoms with E-state index < -0.39 is 0 Å². The summed E-state index contributed by atoms with van der Waals surface area (Å²) in [4.78, 5) is 26.3. The molecule has 7 heteroatoms. The highest BCUT2D eigenvalue weighted by molar-refractivity contribution is 5.88. The van der Waals surface area contributed by atoms with Crippen LogP contribution in [-0.4, -0.2) is 57.7 Å². The molecule has 2 atom stereocenters. The van der Waals surface area contributed by atoms with Crippen LogP contribution in [0.2, 0.25) is 0 Å². The summed E-state index contributed by atoms with van der Waals surface area (Å²) in [5.74, 6) is 1.26. The van der Waals surface area contributed by atoms with Crippen LogP contribution in [-0.2, 0) is 9.53 Å². The van der Waals surface area contributed by atoms with Crippen LogP contribution in [0.4, 0.5) is 0 Å². The summed E-state index contributed by atoms with van der Waals surface area (Å²) in [6.45, 7) is 10.1. The molecular formula is C21H28N4O3. The van der Waals surface area contributed by atoms with Crippen molar-refractivity contribution in [1.29, 1.82) is 0 Å². The van der Waals surface area contributed by atoms with Crippen molar-refractivity contribution in [2.75, 3.05) is 19.8 Å². The molecule has 2 aromatic rings. The molecule has 2 aliphatic rings. The van der Waals surface area contributed by atoms with Gasteiger partial charge in [0.15, 0.2) is 0 Å². The number of rotatable bonds is 5. The van der Waals surface area contributed by atoms with Gasteiger partial charge in [-0.3, -0.25) is 4.79 Å². The highest BCUT2D eigenvalue weighted by Gasteiger charge is 2.40. The molecule has 1 N–H and O–H groups in total. The van der Waals surface area contributed by atoms with Crippen LogP contribution in [0.3, 0.4) is 0 Å². The number of aromatic amines is 1. The maximum atomic E-state index is 12.3. The zero-order valence-electron chi connectivity index (χ0n) is 16.6. The molecule has 2 fully saturated rings. The van der Waals surface area contributed by atoms with E-state index in [2.05, 4.69) is 35.4 Å². The molecule has 4 heterocycles. The third kappa shape index (κ3) is 3.39. The fourth-order valence-corrected chi connectivity index (χ4v) is 4.60. The molecule has 7 nitrogen and oxygen atoms in total. The lowest BCUT2D eigenvalue weighted by molar-refractivity contribution is -0.128. The number of carbonyl (C=O) groups excluding carboxylic acids is 1. The molecule has 0 radical (unpaired) electrons. The number of fused-ring (bicyclic) bond motifs is 1. The number of hydrogen-bond donors (Lipinski definition) is 1. The fourth-order valence-electron chi connectivity index (χ4n) is 4.60. The second kappa shape index (κ2) is 7.91. The SMILES string of the molecule is C=CC(=O)N1CC[C@@H](Oc2ncnc3[nH]cc(C4CCOCC4)c23)[C@H]1C(C)C. The first-order chi connectivity index (χ1) is 13.6. The Labute approximate surface area is 165 Å². The van der Waals surface area contributed by atoms with Gasteiger partial charge >= 0.3 is 0 Å². The van der Waals surface area contributed by atoms with Crippen LogP contribution in [0, 0.1) is 5.92 Å². The normalized spacial score (nSPS) is 23.5. The molecule has 0 aromatic carbocycles. The first kappa shape index (κ1) is 18.9. The van der Waals surface area contributed by atoms with E-state index in [4.69, 9.17) is 9.47 Å². The van der Waals surface area contributed by atoms with Crippen molar-refractivity contribution in [2.45, 2.75) is 51.2 Å². The van der Waals surface area contributed by atoms with Crippen LogP contribution in [0.1, 0.15) is 44.6 Å². The predicted molar refractivity (Wildman–Crippen MR) is 106 cm³/mol. The van der Waals surface area contributed by atoms with Gasteiger partial charge in [-0.2, -0.15) is 0 Å². The molecule has 0 saturated carbocycles. The molecule has 1 amide bonds. The van der Waals surface area contributed by atoms with E-state index in [1.54, 1.807) is 0 Å². The van der Waals surface area contributed by atoms with Gasteiger partial charge in [0.05, 0.1) is 11.4 Å². The number of nitrogens with zero attached hydrogens (tertiary/aromatic N) is 3. The van der Waals surface area contributed by atoms with Gasteiger partial charge in [0.2, 0.25) is 11.8 Å².